The molecule has 0 radical (unpaired) electrons. The van der Waals surface area contributed by atoms with Crippen molar-refractivity contribution >= 4 is 5.78 Å². The van der Waals surface area contributed by atoms with Crippen molar-refractivity contribution in [3.05, 3.63) is 0 Å². The van der Waals surface area contributed by atoms with Crippen molar-refractivity contribution in [3.63, 3.8) is 0 Å². The summed E-state index contributed by atoms with van der Waals surface area (Å²) in [4.78, 5) is 14.5. The van der Waals surface area contributed by atoms with Crippen LogP contribution in [0.2, 0.25) is 0 Å². The predicted octanol–water partition coefficient (Wildman–Crippen LogP) is 3.03. The molecule has 0 atom stereocenters. The zero-order chi connectivity index (χ0) is 13.6. The summed E-state index contributed by atoms with van der Waals surface area (Å²) < 4.78 is 5.24. The SMILES string of the molecule is CCN(CCC(=O)C(C)(C)OC)C1CCCCC1. The number of ketones is 1. The highest BCUT2D eigenvalue weighted by atomic mass is 16.5. The van der Waals surface area contributed by atoms with Crippen LogP contribution in [0.1, 0.15) is 59.3 Å². The molecule has 3 heteroatoms. The van der Waals surface area contributed by atoms with Crippen LogP contribution in [0, 0.1) is 0 Å². The molecule has 106 valence electrons. The minimum absolute atomic E-state index is 0.208. The maximum Gasteiger partial charge on any atom is 0.165 e. The first-order chi connectivity index (χ1) is 8.51. The number of ether oxygens (including phenoxy) is 1. The number of rotatable bonds is 7. The molecule has 1 aliphatic carbocycles. The molecule has 0 aliphatic heterocycles. The molecule has 0 aromatic heterocycles. The van der Waals surface area contributed by atoms with E-state index in [4.69, 9.17) is 4.74 Å². The lowest BCUT2D eigenvalue weighted by Gasteiger charge is -2.34. The molecule has 0 saturated heterocycles. The Morgan fingerprint density at radius 3 is 2.39 bits per heavy atom. The molecule has 1 saturated carbocycles. The lowest BCUT2D eigenvalue weighted by atomic mass is 9.93. The van der Waals surface area contributed by atoms with Crippen molar-refractivity contribution < 1.29 is 9.53 Å². The average Bonchev–Trinajstić information content (AvgIpc) is 2.40. The Kier molecular flexibility index (Phi) is 6.30. The van der Waals surface area contributed by atoms with E-state index < -0.39 is 5.60 Å². The summed E-state index contributed by atoms with van der Waals surface area (Å²) in [5.41, 5.74) is -0.633. The lowest BCUT2D eigenvalue weighted by Crippen LogP contribution is -2.41. The smallest absolute Gasteiger partial charge is 0.165 e. The second-order valence-corrected chi connectivity index (χ2v) is 5.81. The molecule has 0 amide bonds. The normalized spacial score (nSPS) is 18.3. The Labute approximate surface area is 112 Å². The van der Waals surface area contributed by atoms with Crippen molar-refractivity contribution in [2.45, 2.75) is 70.9 Å². The number of carbonyl (C=O) groups excluding carboxylic acids is 1. The van der Waals surface area contributed by atoms with Crippen LogP contribution >= 0.6 is 0 Å². The molecular weight excluding hydrogens is 226 g/mol. The minimum atomic E-state index is -0.633. The summed E-state index contributed by atoms with van der Waals surface area (Å²) in [6, 6.07) is 0.696. The van der Waals surface area contributed by atoms with Gasteiger partial charge in [0.1, 0.15) is 5.60 Å². The van der Waals surface area contributed by atoms with Crippen LogP contribution in [0.4, 0.5) is 0 Å². The molecule has 1 fully saturated rings. The molecule has 0 spiro atoms. The van der Waals surface area contributed by atoms with Gasteiger partial charge in [-0.15, -0.1) is 0 Å². The van der Waals surface area contributed by atoms with Crippen LogP contribution in [0.5, 0.6) is 0 Å². The highest BCUT2D eigenvalue weighted by Crippen LogP contribution is 2.23. The van der Waals surface area contributed by atoms with E-state index >= 15 is 0 Å². The minimum Gasteiger partial charge on any atom is -0.371 e. The van der Waals surface area contributed by atoms with Gasteiger partial charge in [0.15, 0.2) is 5.78 Å². The third-order valence-corrected chi connectivity index (χ3v) is 4.31. The second kappa shape index (κ2) is 7.25. The number of hydrogen-bond donors (Lipinski definition) is 0. The molecule has 3 nitrogen and oxygen atoms in total. The Balaban J connectivity index is 2.41. The molecule has 0 N–H and O–H groups in total. The van der Waals surface area contributed by atoms with E-state index in [9.17, 15) is 4.79 Å². The maximum absolute atomic E-state index is 12.0. The first kappa shape index (κ1) is 15.6. The quantitative estimate of drug-likeness (QED) is 0.700. The summed E-state index contributed by atoms with van der Waals surface area (Å²) in [5.74, 6) is 0.208. The molecule has 18 heavy (non-hydrogen) atoms. The number of methoxy groups -OCH3 is 1. The fraction of sp³-hybridized carbons (Fsp3) is 0.933. The van der Waals surface area contributed by atoms with Crippen molar-refractivity contribution in [1.82, 2.24) is 4.90 Å². The first-order valence-corrected chi connectivity index (χ1v) is 7.33. The van der Waals surface area contributed by atoms with Crippen molar-refractivity contribution in [1.29, 1.82) is 0 Å². The van der Waals surface area contributed by atoms with Crippen LogP contribution in [0.15, 0.2) is 0 Å². The predicted molar refractivity (Wildman–Crippen MR) is 74.8 cm³/mol. The van der Waals surface area contributed by atoms with E-state index in [2.05, 4.69) is 11.8 Å². The molecule has 0 bridgehead atoms. The molecule has 0 heterocycles. The van der Waals surface area contributed by atoms with E-state index in [1.54, 1.807) is 7.11 Å². The molecular formula is C15H29NO2. The van der Waals surface area contributed by atoms with E-state index in [0.29, 0.717) is 12.5 Å². The zero-order valence-corrected chi connectivity index (χ0v) is 12.5. The largest absolute Gasteiger partial charge is 0.371 e. The summed E-state index contributed by atoms with van der Waals surface area (Å²) in [7, 11) is 1.61. The number of nitrogens with zero attached hydrogens (tertiary/aromatic N) is 1. The molecule has 1 rings (SSSR count). The van der Waals surface area contributed by atoms with Crippen molar-refractivity contribution in [2.75, 3.05) is 20.2 Å². The van der Waals surface area contributed by atoms with Crippen LogP contribution in [-0.4, -0.2) is 42.5 Å². The van der Waals surface area contributed by atoms with Gasteiger partial charge in [0.2, 0.25) is 0 Å². The summed E-state index contributed by atoms with van der Waals surface area (Å²) in [6.45, 7) is 7.83. The summed E-state index contributed by atoms with van der Waals surface area (Å²) in [5, 5.41) is 0. The van der Waals surface area contributed by atoms with Gasteiger partial charge in [-0.25, -0.2) is 0 Å². The zero-order valence-electron chi connectivity index (χ0n) is 12.5. The fourth-order valence-corrected chi connectivity index (χ4v) is 2.71. The van der Waals surface area contributed by atoms with Gasteiger partial charge in [-0.05, 0) is 33.2 Å². The average molecular weight is 255 g/mol. The molecule has 0 aromatic rings. The van der Waals surface area contributed by atoms with Crippen LogP contribution in [-0.2, 0) is 9.53 Å². The molecule has 0 unspecified atom stereocenters. The standard InChI is InChI=1S/C15H29NO2/c1-5-16(13-9-7-6-8-10-13)12-11-14(17)15(2,3)18-4/h13H,5-12H2,1-4H3. The monoisotopic (exact) mass is 255 g/mol. The second-order valence-electron chi connectivity index (χ2n) is 5.81. The van der Waals surface area contributed by atoms with Gasteiger partial charge in [0, 0.05) is 26.1 Å². The van der Waals surface area contributed by atoms with Gasteiger partial charge in [0.25, 0.3) is 0 Å². The first-order valence-electron chi connectivity index (χ1n) is 7.33. The third kappa shape index (κ3) is 4.36. The van der Waals surface area contributed by atoms with Crippen LogP contribution < -0.4 is 0 Å². The molecule has 1 aliphatic rings. The third-order valence-electron chi connectivity index (χ3n) is 4.31. The lowest BCUT2D eigenvalue weighted by molar-refractivity contribution is -0.137. The van der Waals surface area contributed by atoms with Crippen LogP contribution in [0.3, 0.4) is 0 Å². The van der Waals surface area contributed by atoms with Crippen LogP contribution in [0.25, 0.3) is 0 Å². The van der Waals surface area contributed by atoms with E-state index in [1.807, 2.05) is 13.8 Å². The maximum atomic E-state index is 12.0. The summed E-state index contributed by atoms with van der Waals surface area (Å²) in [6.07, 6.45) is 7.28. The van der Waals surface area contributed by atoms with E-state index in [-0.39, 0.29) is 5.78 Å². The Morgan fingerprint density at radius 1 is 1.28 bits per heavy atom. The fourth-order valence-electron chi connectivity index (χ4n) is 2.71. The Morgan fingerprint density at radius 2 is 1.89 bits per heavy atom. The van der Waals surface area contributed by atoms with Gasteiger partial charge in [-0.1, -0.05) is 26.2 Å². The Hall–Kier alpha value is -0.410. The van der Waals surface area contributed by atoms with Gasteiger partial charge >= 0.3 is 0 Å². The van der Waals surface area contributed by atoms with Gasteiger partial charge in [-0.3, -0.25) is 4.79 Å². The van der Waals surface area contributed by atoms with Gasteiger partial charge in [0.05, 0.1) is 0 Å². The highest BCUT2D eigenvalue weighted by molar-refractivity contribution is 5.86. The highest BCUT2D eigenvalue weighted by Gasteiger charge is 2.28. The van der Waals surface area contributed by atoms with E-state index in [0.717, 1.165) is 13.1 Å². The number of carbonyl (C=O) groups is 1. The van der Waals surface area contributed by atoms with Gasteiger partial charge < -0.3 is 9.64 Å². The summed E-state index contributed by atoms with van der Waals surface area (Å²) >= 11 is 0. The van der Waals surface area contributed by atoms with Gasteiger partial charge in [-0.2, -0.15) is 0 Å². The van der Waals surface area contributed by atoms with E-state index in [1.165, 1.54) is 32.1 Å². The van der Waals surface area contributed by atoms with Crippen molar-refractivity contribution in [2.24, 2.45) is 0 Å². The Bertz CT molecular complexity index is 257. The number of hydrogen-bond acceptors (Lipinski definition) is 3. The molecule has 0 aromatic carbocycles. The van der Waals surface area contributed by atoms with Crippen molar-refractivity contribution in [3.8, 4) is 0 Å². The number of Topliss-reactive ketones (excluding diaryl/α,β-unsaturated/α-hetero) is 1. The topological polar surface area (TPSA) is 29.5 Å².